The lowest BCUT2D eigenvalue weighted by Gasteiger charge is -2.36. The summed E-state index contributed by atoms with van der Waals surface area (Å²) < 4.78 is 20.5. The Morgan fingerprint density at radius 2 is 1.89 bits per heavy atom. The van der Waals surface area contributed by atoms with E-state index in [1.165, 1.54) is 5.56 Å². The molecule has 2 heterocycles. The molecule has 6 heteroatoms. The van der Waals surface area contributed by atoms with Crippen LogP contribution in [0.3, 0.4) is 0 Å². The highest BCUT2D eigenvalue weighted by Crippen LogP contribution is 2.41. The fourth-order valence-corrected chi connectivity index (χ4v) is 3.79. The van der Waals surface area contributed by atoms with Gasteiger partial charge < -0.3 is 15.0 Å². The number of carbonyl (C=O) groups is 1. The molecule has 0 bridgehead atoms. The Morgan fingerprint density at radius 3 is 2.61 bits per heavy atom. The second kappa shape index (κ2) is 8.27. The Labute approximate surface area is 164 Å². The van der Waals surface area contributed by atoms with Crippen LogP contribution in [0.4, 0.5) is 9.18 Å². The molecular weight excluding hydrogens is 357 g/mol. The summed E-state index contributed by atoms with van der Waals surface area (Å²) in [4.78, 5) is 17.9. The number of pyridine rings is 1. The second-order valence-corrected chi connectivity index (χ2v) is 7.79. The fraction of sp³-hybridized carbons (Fsp3) is 0.455. The summed E-state index contributed by atoms with van der Waals surface area (Å²) in [5.41, 5.74) is 0.947. The number of likely N-dealkylation sites (tertiary alicyclic amines) is 1. The van der Waals surface area contributed by atoms with Gasteiger partial charge in [0.15, 0.2) is 0 Å². The van der Waals surface area contributed by atoms with Gasteiger partial charge in [-0.25, -0.2) is 9.18 Å². The van der Waals surface area contributed by atoms with Crippen LogP contribution in [-0.4, -0.2) is 47.3 Å². The van der Waals surface area contributed by atoms with Crippen LogP contribution in [0.1, 0.15) is 36.3 Å². The lowest BCUT2D eigenvalue weighted by Crippen LogP contribution is -2.49. The number of aromatic nitrogens is 1. The monoisotopic (exact) mass is 383 g/mol. The standard InChI is InChI=1S/C22H26FN3O2/c23-22(16-25-20-14-19(20)18-6-10-24-11-7-18)8-12-26(13-9-22)21(27)28-15-17-4-2-1-3-5-17/h1-7,10-11,19-20,25H,8-9,12-16H2/t19-,20+/m0/s1. The maximum atomic E-state index is 15.1. The van der Waals surface area contributed by atoms with Crippen LogP contribution in [-0.2, 0) is 11.3 Å². The summed E-state index contributed by atoms with van der Waals surface area (Å²) in [5, 5.41) is 3.38. The fourth-order valence-electron chi connectivity index (χ4n) is 3.79. The lowest BCUT2D eigenvalue weighted by atomic mass is 9.93. The molecule has 1 N–H and O–H groups in total. The number of rotatable bonds is 6. The summed E-state index contributed by atoms with van der Waals surface area (Å²) in [5.74, 6) is 0.458. The molecule has 1 saturated carbocycles. The lowest BCUT2D eigenvalue weighted by molar-refractivity contribution is 0.0408. The van der Waals surface area contributed by atoms with Crippen molar-refractivity contribution in [2.24, 2.45) is 0 Å². The molecule has 2 aromatic rings. The van der Waals surface area contributed by atoms with Gasteiger partial charge in [0.2, 0.25) is 0 Å². The number of nitrogens with one attached hydrogen (secondary N) is 1. The summed E-state index contributed by atoms with van der Waals surface area (Å²) in [6.07, 6.45) is 4.96. The molecule has 0 unspecified atom stereocenters. The minimum atomic E-state index is -1.26. The van der Waals surface area contributed by atoms with E-state index in [4.69, 9.17) is 4.74 Å². The number of piperidine rings is 1. The number of benzene rings is 1. The minimum absolute atomic E-state index is 0.247. The Bertz CT molecular complexity index is 779. The Kier molecular flexibility index (Phi) is 5.57. The smallest absolute Gasteiger partial charge is 0.410 e. The molecule has 148 valence electrons. The predicted octanol–water partition coefficient (Wildman–Crippen LogP) is 3.67. The van der Waals surface area contributed by atoms with Crippen LogP contribution in [0.25, 0.3) is 0 Å². The maximum Gasteiger partial charge on any atom is 0.410 e. The van der Waals surface area contributed by atoms with Crippen LogP contribution >= 0.6 is 0 Å². The molecule has 28 heavy (non-hydrogen) atoms. The minimum Gasteiger partial charge on any atom is -0.445 e. The third-order valence-corrected chi connectivity index (χ3v) is 5.73. The molecule has 0 spiro atoms. The molecular formula is C22H26FN3O2. The van der Waals surface area contributed by atoms with Gasteiger partial charge in [0.05, 0.1) is 0 Å². The zero-order valence-electron chi connectivity index (χ0n) is 15.9. The van der Waals surface area contributed by atoms with E-state index in [2.05, 4.69) is 10.3 Å². The molecule has 2 atom stereocenters. The van der Waals surface area contributed by atoms with E-state index in [9.17, 15) is 4.79 Å². The molecule has 1 saturated heterocycles. The number of hydrogen-bond acceptors (Lipinski definition) is 4. The van der Waals surface area contributed by atoms with Gasteiger partial charge in [-0.2, -0.15) is 0 Å². The molecule has 0 radical (unpaired) electrons. The average Bonchev–Trinajstić information content (AvgIpc) is 3.53. The Morgan fingerprint density at radius 1 is 1.18 bits per heavy atom. The van der Waals surface area contributed by atoms with Crippen LogP contribution in [0.15, 0.2) is 54.9 Å². The molecule has 4 rings (SSSR count). The van der Waals surface area contributed by atoms with Gasteiger partial charge in [0.25, 0.3) is 0 Å². The van der Waals surface area contributed by atoms with Crippen molar-refractivity contribution in [3.63, 3.8) is 0 Å². The number of ether oxygens (including phenoxy) is 1. The molecule has 2 fully saturated rings. The highest BCUT2D eigenvalue weighted by atomic mass is 19.1. The first-order valence-electron chi connectivity index (χ1n) is 9.91. The average molecular weight is 383 g/mol. The van der Waals surface area contributed by atoms with Crippen LogP contribution in [0.5, 0.6) is 0 Å². The van der Waals surface area contributed by atoms with Crippen molar-refractivity contribution in [1.82, 2.24) is 15.2 Å². The van der Waals surface area contributed by atoms with Crippen molar-refractivity contribution < 1.29 is 13.9 Å². The van der Waals surface area contributed by atoms with Gasteiger partial charge in [0.1, 0.15) is 12.3 Å². The van der Waals surface area contributed by atoms with E-state index in [1.807, 2.05) is 42.5 Å². The summed E-state index contributed by atoms with van der Waals surface area (Å²) >= 11 is 0. The first-order chi connectivity index (χ1) is 13.6. The van der Waals surface area contributed by atoms with Gasteiger partial charge in [-0.15, -0.1) is 0 Å². The first kappa shape index (κ1) is 18.9. The van der Waals surface area contributed by atoms with Crippen LogP contribution < -0.4 is 5.32 Å². The SMILES string of the molecule is O=C(OCc1ccccc1)N1CCC(F)(CN[C@@H]2C[C@H]2c2ccncc2)CC1. The zero-order chi connectivity index (χ0) is 19.4. The number of nitrogens with zero attached hydrogens (tertiary/aromatic N) is 2. The quantitative estimate of drug-likeness (QED) is 0.827. The molecule has 1 amide bonds. The van der Waals surface area contributed by atoms with Crippen molar-refractivity contribution in [2.75, 3.05) is 19.6 Å². The molecule has 1 aromatic carbocycles. The van der Waals surface area contributed by atoms with Crippen LogP contribution in [0, 0.1) is 0 Å². The summed E-state index contributed by atoms with van der Waals surface area (Å²) in [7, 11) is 0. The van der Waals surface area contributed by atoms with E-state index < -0.39 is 5.67 Å². The zero-order valence-corrected chi connectivity index (χ0v) is 15.9. The van der Waals surface area contributed by atoms with Gasteiger partial charge >= 0.3 is 6.09 Å². The van der Waals surface area contributed by atoms with Crippen molar-refractivity contribution >= 4 is 6.09 Å². The number of alkyl halides is 1. The van der Waals surface area contributed by atoms with Crippen molar-refractivity contribution in [2.45, 2.75) is 43.5 Å². The van der Waals surface area contributed by atoms with Gasteiger partial charge in [-0.3, -0.25) is 4.98 Å². The topological polar surface area (TPSA) is 54.5 Å². The van der Waals surface area contributed by atoms with Gasteiger partial charge in [0, 0.05) is 56.8 Å². The van der Waals surface area contributed by atoms with Gasteiger partial charge in [-0.05, 0) is 29.7 Å². The van der Waals surface area contributed by atoms with Crippen molar-refractivity contribution in [1.29, 1.82) is 0 Å². The normalized spacial score (nSPS) is 23.2. The first-order valence-corrected chi connectivity index (χ1v) is 9.91. The number of amides is 1. The molecule has 1 aliphatic carbocycles. The number of halogens is 1. The highest BCUT2D eigenvalue weighted by molar-refractivity contribution is 5.67. The van der Waals surface area contributed by atoms with Crippen molar-refractivity contribution in [3.05, 3.63) is 66.0 Å². The molecule has 1 aromatic heterocycles. The highest BCUT2D eigenvalue weighted by Gasteiger charge is 2.42. The number of carbonyl (C=O) groups excluding carboxylic acids is 1. The van der Waals surface area contributed by atoms with E-state index >= 15 is 4.39 Å². The third kappa shape index (κ3) is 4.68. The number of hydrogen-bond donors (Lipinski definition) is 1. The molecule has 1 aliphatic heterocycles. The summed E-state index contributed by atoms with van der Waals surface area (Å²) in [6, 6.07) is 14.0. The van der Waals surface area contributed by atoms with Gasteiger partial charge in [-0.1, -0.05) is 30.3 Å². The molecule has 2 aliphatic rings. The largest absolute Gasteiger partial charge is 0.445 e. The van der Waals surface area contributed by atoms with Crippen molar-refractivity contribution in [3.8, 4) is 0 Å². The third-order valence-electron chi connectivity index (χ3n) is 5.73. The van der Waals surface area contributed by atoms with E-state index in [0.29, 0.717) is 44.4 Å². The maximum absolute atomic E-state index is 15.1. The summed E-state index contributed by atoms with van der Waals surface area (Å²) in [6.45, 7) is 1.37. The van der Waals surface area contributed by atoms with E-state index in [1.54, 1.807) is 17.3 Å². The second-order valence-electron chi connectivity index (χ2n) is 7.79. The molecule has 5 nitrogen and oxygen atoms in total. The Hall–Kier alpha value is -2.47. The van der Waals surface area contributed by atoms with E-state index in [-0.39, 0.29) is 12.7 Å². The van der Waals surface area contributed by atoms with E-state index in [0.717, 1.165) is 12.0 Å². The predicted molar refractivity (Wildman–Crippen MR) is 105 cm³/mol. The van der Waals surface area contributed by atoms with Crippen LogP contribution in [0.2, 0.25) is 0 Å². The Balaban J connectivity index is 1.18.